The normalized spacial score (nSPS) is 18.6. The van der Waals surface area contributed by atoms with Crippen molar-refractivity contribution in [2.75, 3.05) is 26.2 Å². The molecule has 0 N–H and O–H groups in total. The van der Waals surface area contributed by atoms with Crippen molar-refractivity contribution in [3.8, 4) is 5.75 Å². The van der Waals surface area contributed by atoms with Gasteiger partial charge in [-0.15, -0.1) is 0 Å². The Morgan fingerprint density at radius 1 is 1.00 bits per heavy atom. The molecule has 1 heterocycles. The molecule has 0 amide bonds. The summed E-state index contributed by atoms with van der Waals surface area (Å²) in [6.07, 6.45) is -2.16. The number of likely N-dealkylation sites (tertiary alicyclic amines) is 1. The van der Waals surface area contributed by atoms with Crippen LogP contribution in [0.4, 0.5) is 13.2 Å². The molecule has 0 radical (unpaired) electrons. The zero-order valence-electron chi connectivity index (χ0n) is 16.8. The Balaban J connectivity index is 1.53. The highest BCUT2D eigenvalue weighted by Crippen LogP contribution is 2.31. The number of rotatable bonds is 6. The predicted molar refractivity (Wildman–Crippen MR) is 111 cm³/mol. The molecule has 1 aliphatic heterocycles. The van der Waals surface area contributed by atoms with Gasteiger partial charge in [0.1, 0.15) is 5.75 Å². The SMILES string of the molecule is CC(C)(CN1CCC[C@@H](COc2ccc(C(F)(F)F)cc2)C1)c1ccc(Cl)cc1. The van der Waals surface area contributed by atoms with Gasteiger partial charge < -0.3 is 9.64 Å². The second-order valence-electron chi connectivity index (χ2n) is 8.47. The molecule has 29 heavy (non-hydrogen) atoms. The predicted octanol–water partition coefficient (Wildman–Crippen LogP) is 6.43. The standard InChI is InChI=1S/C23H27ClF3NO/c1-22(2,18-5-9-20(24)10-6-18)16-28-13-3-4-17(14-28)15-29-21-11-7-19(8-12-21)23(25,26)27/h5-12,17H,3-4,13-16H2,1-2H3/t17-/m1/s1. The number of halogens is 4. The summed E-state index contributed by atoms with van der Waals surface area (Å²) in [6, 6.07) is 12.9. The molecule has 2 nitrogen and oxygen atoms in total. The fourth-order valence-corrected chi connectivity index (χ4v) is 4.06. The molecule has 3 rings (SSSR count). The molecule has 1 fully saturated rings. The minimum absolute atomic E-state index is 0.000756. The fourth-order valence-electron chi connectivity index (χ4n) is 3.94. The first-order valence-electron chi connectivity index (χ1n) is 9.92. The van der Waals surface area contributed by atoms with Gasteiger partial charge in [0.25, 0.3) is 0 Å². The van der Waals surface area contributed by atoms with Crippen molar-refractivity contribution >= 4 is 11.6 Å². The lowest BCUT2D eigenvalue weighted by atomic mass is 9.83. The smallest absolute Gasteiger partial charge is 0.416 e. The third-order valence-corrected chi connectivity index (χ3v) is 5.77. The second-order valence-corrected chi connectivity index (χ2v) is 8.90. The molecule has 0 aromatic heterocycles. The summed E-state index contributed by atoms with van der Waals surface area (Å²) in [6.45, 7) is 7.90. The van der Waals surface area contributed by atoms with Gasteiger partial charge in [0.2, 0.25) is 0 Å². The van der Waals surface area contributed by atoms with Crippen molar-refractivity contribution in [3.05, 3.63) is 64.7 Å². The molecule has 1 aliphatic rings. The lowest BCUT2D eigenvalue weighted by Crippen LogP contribution is -2.44. The summed E-state index contributed by atoms with van der Waals surface area (Å²) >= 11 is 6.01. The van der Waals surface area contributed by atoms with Crippen LogP contribution in [0.1, 0.15) is 37.8 Å². The maximum Gasteiger partial charge on any atom is 0.416 e. The minimum Gasteiger partial charge on any atom is -0.493 e. The van der Waals surface area contributed by atoms with E-state index in [9.17, 15) is 13.2 Å². The van der Waals surface area contributed by atoms with E-state index in [2.05, 4.69) is 30.9 Å². The van der Waals surface area contributed by atoms with E-state index in [0.29, 0.717) is 18.3 Å². The van der Waals surface area contributed by atoms with E-state index in [1.807, 2.05) is 12.1 Å². The number of benzene rings is 2. The van der Waals surface area contributed by atoms with Gasteiger partial charge in [-0.1, -0.05) is 37.6 Å². The van der Waals surface area contributed by atoms with Gasteiger partial charge in [-0.2, -0.15) is 13.2 Å². The monoisotopic (exact) mass is 425 g/mol. The van der Waals surface area contributed by atoms with Gasteiger partial charge in [0.15, 0.2) is 0 Å². The molecule has 1 saturated heterocycles. The molecular weight excluding hydrogens is 399 g/mol. The van der Waals surface area contributed by atoms with E-state index in [4.69, 9.17) is 16.3 Å². The van der Waals surface area contributed by atoms with E-state index in [1.54, 1.807) is 0 Å². The highest BCUT2D eigenvalue weighted by molar-refractivity contribution is 6.30. The van der Waals surface area contributed by atoms with E-state index >= 15 is 0 Å². The molecule has 6 heteroatoms. The van der Waals surface area contributed by atoms with E-state index in [0.717, 1.165) is 49.6 Å². The summed E-state index contributed by atoms with van der Waals surface area (Å²) < 4.78 is 43.8. The van der Waals surface area contributed by atoms with Crippen LogP contribution in [-0.2, 0) is 11.6 Å². The third kappa shape index (κ3) is 6.13. The largest absolute Gasteiger partial charge is 0.493 e. The summed E-state index contributed by atoms with van der Waals surface area (Å²) in [5.74, 6) is 0.851. The highest BCUT2D eigenvalue weighted by Gasteiger charge is 2.30. The van der Waals surface area contributed by atoms with Crippen molar-refractivity contribution in [2.24, 2.45) is 5.92 Å². The number of ether oxygens (including phenoxy) is 1. The summed E-state index contributed by atoms with van der Waals surface area (Å²) in [5.41, 5.74) is 0.601. The van der Waals surface area contributed by atoms with Crippen LogP contribution >= 0.6 is 11.6 Å². The van der Waals surface area contributed by atoms with Crippen LogP contribution in [0.2, 0.25) is 5.02 Å². The Bertz CT molecular complexity index is 787. The average Bonchev–Trinajstić information content (AvgIpc) is 2.66. The molecule has 0 saturated carbocycles. The molecule has 2 aromatic carbocycles. The molecule has 0 bridgehead atoms. The first-order chi connectivity index (χ1) is 13.6. The Labute approximate surface area is 175 Å². The zero-order valence-corrected chi connectivity index (χ0v) is 17.6. The Kier molecular flexibility index (Phi) is 6.79. The zero-order chi connectivity index (χ0) is 21.1. The minimum atomic E-state index is -4.32. The van der Waals surface area contributed by atoms with E-state index in [-0.39, 0.29) is 5.41 Å². The fraction of sp³-hybridized carbons (Fsp3) is 0.478. The lowest BCUT2D eigenvalue weighted by Gasteiger charge is -2.38. The Morgan fingerprint density at radius 3 is 2.24 bits per heavy atom. The van der Waals surface area contributed by atoms with Crippen LogP contribution in [0.5, 0.6) is 5.75 Å². The molecular formula is C23H27ClF3NO. The number of nitrogens with zero attached hydrogens (tertiary/aromatic N) is 1. The maximum absolute atomic E-state index is 12.7. The van der Waals surface area contributed by atoms with Crippen LogP contribution in [0.15, 0.2) is 48.5 Å². The molecule has 0 unspecified atom stereocenters. The number of hydrogen-bond acceptors (Lipinski definition) is 2. The van der Waals surface area contributed by atoms with Crippen molar-refractivity contribution < 1.29 is 17.9 Å². The molecule has 0 spiro atoms. The Morgan fingerprint density at radius 2 is 1.62 bits per heavy atom. The van der Waals surface area contributed by atoms with E-state index in [1.165, 1.54) is 17.7 Å². The van der Waals surface area contributed by atoms with Crippen LogP contribution < -0.4 is 4.74 Å². The first kappa shape index (κ1) is 22.0. The summed E-state index contributed by atoms with van der Waals surface area (Å²) in [4.78, 5) is 2.46. The van der Waals surface area contributed by atoms with Crippen molar-refractivity contribution in [2.45, 2.75) is 38.3 Å². The van der Waals surface area contributed by atoms with Crippen LogP contribution in [0, 0.1) is 5.92 Å². The van der Waals surface area contributed by atoms with Gasteiger partial charge >= 0.3 is 6.18 Å². The molecule has 158 valence electrons. The molecule has 2 aromatic rings. The van der Waals surface area contributed by atoms with Crippen LogP contribution in [0.25, 0.3) is 0 Å². The van der Waals surface area contributed by atoms with Gasteiger partial charge in [0, 0.05) is 29.4 Å². The third-order valence-electron chi connectivity index (χ3n) is 5.52. The van der Waals surface area contributed by atoms with Crippen molar-refractivity contribution in [1.29, 1.82) is 0 Å². The highest BCUT2D eigenvalue weighted by atomic mass is 35.5. The van der Waals surface area contributed by atoms with Crippen LogP contribution in [0.3, 0.4) is 0 Å². The summed E-state index contributed by atoms with van der Waals surface area (Å²) in [5, 5.41) is 0.739. The maximum atomic E-state index is 12.7. The quantitative estimate of drug-likeness (QED) is 0.529. The van der Waals surface area contributed by atoms with Gasteiger partial charge in [-0.3, -0.25) is 0 Å². The average molecular weight is 426 g/mol. The number of hydrogen-bond donors (Lipinski definition) is 0. The van der Waals surface area contributed by atoms with Crippen molar-refractivity contribution in [3.63, 3.8) is 0 Å². The van der Waals surface area contributed by atoms with Gasteiger partial charge in [-0.05, 0) is 61.3 Å². The molecule has 1 atom stereocenters. The van der Waals surface area contributed by atoms with E-state index < -0.39 is 11.7 Å². The number of alkyl halides is 3. The Hall–Kier alpha value is -1.72. The first-order valence-corrected chi connectivity index (χ1v) is 10.3. The summed E-state index contributed by atoms with van der Waals surface area (Å²) in [7, 11) is 0. The van der Waals surface area contributed by atoms with Crippen molar-refractivity contribution in [1.82, 2.24) is 4.90 Å². The second kappa shape index (κ2) is 8.97. The van der Waals surface area contributed by atoms with Gasteiger partial charge in [-0.25, -0.2) is 0 Å². The van der Waals surface area contributed by atoms with Gasteiger partial charge in [0.05, 0.1) is 12.2 Å². The molecule has 0 aliphatic carbocycles. The van der Waals surface area contributed by atoms with Crippen LogP contribution in [-0.4, -0.2) is 31.1 Å². The number of piperidine rings is 1. The topological polar surface area (TPSA) is 12.5 Å². The lowest BCUT2D eigenvalue weighted by molar-refractivity contribution is -0.137.